The summed E-state index contributed by atoms with van der Waals surface area (Å²) < 4.78 is 44.0. The fourth-order valence-electron chi connectivity index (χ4n) is 6.01. The fraction of sp³-hybridized carbons (Fsp3) is 0.406. The van der Waals surface area contributed by atoms with E-state index >= 15 is 0 Å². The highest BCUT2D eigenvalue weighted by atomic mass is 19.4. The molecule has 0 spiro atoms. The van der Waals surface area contributed by atoms with E-state index in [0.29, 0.717) is 35.5 Å². The van der Waals surface area contributed by atoms with Crippen molar-refractivity contribution in [3.8, 4) is 0 Å². The summed E-state index contributed by atoms with van der Waals surface area (Å²) in [5.74, 6) is -2.15. The van der Waals surface area contributed by atoms with Gasteiger partial charge in [0.2, 0.25) is 5.60 Å². The van der Waals surface area contributed by atoms with Gasteiger partial charge in [0.1, 0.15) is 24.0 Å². The van der Waals surface area contributed by atoms with Gasteiger partial charge in [0.25, 0.3) is 5.91 Å². The number of carbonyl (C=O) groups excluding carboxylic acids is 3. The summed E-state index contributed by atoms with van der Waals surface area (Å²) in [6.45, 7) is 7.62. The molecule has 12 heteroatoms. The van der Waals surface area contributed by atoms with Crippen LogP contribution in [-0.4, -0.2) is 72.4 Å². The second-order valence-electron chi connectivity index (χ2n) is 11.3. The number of piperidine rings is 3. The van der Waals surface area contributed by atoms with Crippen molar-refractivity contribution in [2.24, 2.45) is 5.92 Å². The summed E-state index contributed by atoms with van der Waals surface area (Å²) in [5, 5.41) is 23.6. The van der Waals surface area contributed by atoms with Crippen molar-refractivity contribution in [3.63, 3.8) is 0 Å². The maximum absolute atomic E-state index is 13.7. The van der Waals surface area contributed by atoms with Gasteiger partial charge >= 0.3 is 12.1 Å². The molecule has 2 bridgehead atoms. The minimum Gasteiger partial charge on any atom is -0.542 e. The molecule has 6 rings (SSSR count). The number of aliphatic carboxylic acids is 1. The third-order valence-electron chi connectivity index (χ3n) is 8.37. The number of halogens is 3. The van der Waals surface area contributed by atoms with E-state index in [1.54, 1.807) is 37.3 Å². The van der Waals surface area contributed by atoms with Crippen molar-refractivity contribution < 1.29 is 51.4 Å². The first-order chi connectivity index (χ1) is 20.7. The summed E-state index contributed by atoms with van der Waals surface area (Å²) in [6.07, 6.45) is -3.55. The van der Waals surface area contributed by atoms with Crippen molar-refractivity contribution in [2.45, 2.75) is 44.6 Å². The van der Waals surface area contributed by atoms with Crippen LogP contribution >= 0.6 is 0 Å². The van der Waals surface area contributed by atoms with Gasteiger partial charge < -0.3 is 34.0 Å². The summed E-state index contributed by atoms with van der Waals surface area (Å²) in [7, 11) is 0. The van der Waals surface area contributed by atoms with Crippen LogP contribution in [0, 0.1) is 19.8 Å². The van der Waals surface area contributed by atoms with E-state index in [0.717, 1.165) is 42.7 Å². The molecule has 3 aliphatic rings. The van der Waals surface area contributed by atoms with Gasteiger partial charge in [-0.25, -0.2) is 4.79 Å². The van der Waals surface area contributed by atoms with E-state index < -0.39 is 23.7 Å². The van der Waals surface area contributed by atoms with Gasteiger partial charge in [-0.3, -0.25) is 4.79 Å². The van der Waals surface area contributed by atoms with Gasteiger partial charge in [0, 0.05) is 18.8 Å². The second kappa shape index (κ2) is 13.2. The van der Waals surface area contributed by atoms with Crippen LogP contribution in [0.1, 0.15) is 45.8 Å². The minimum absolute atomic E-state index is 0.127. The quantitative estimate of drug-likeness (QED) is 0.294. The Kier molecular flexibility index (Phi) is 9.85. The average molecular weight is 617 g/mol. The molecule has 3 aliphatic heterocycles. The molecule has 0 radical (unpaired) electrons. The molecule has 9 nitrogen and oxygen atoms in total. The number of nitrogens with zero attached hydrogens (tertiary/aromatic N) is 1. The number of hydrogen-bond donors (Lipinski definition) is 2. The number of furan rings is 1. The number of esters is 1. The molecule has 0 unspecified atom stereocenters. The van der Waals surface area contributed by atoms with Crippen LogP contribution in [0.25, 0.3) is 0 Å². The summed E-state index contributed by atoms with van der Waals surface area (Å²) in [4.78, 5) is 35.1. The van der Waals surface area contributed by atoms with E-state index in [-0.39, 0.29) is 17.9 Å². The van der Waals surface area contributed by atoms with Crippen LogP contribution in [0.15, 0.2) is 71.1 Å². The predicted octanol–water partition coefficient (Wildman–Crippen LogP) is 3.01. The molecule has 2 N–H and O–H groups in total. The number of rotatable bonds is 8. The number of aliphatic hydroxyl groups is 1. The summed E-state index contributed by atoms with van der Waals surface area (Å²) >= 11 is 0. The lowest BCUT2D eigenvalue weighted by Crippen LogP contribution is -2.66. The average Bonchev–Trinajstić information content (AvgIpc) is 3.35. The van der Waals surface area contributed by atoms with E-state index in [4.69, 9.17) is 19.1 Å². The zero-order valence-corrected chi connectivity index (χ0v) is 24.4. The number of carbonyl (C=O) groups is 3. The van der Waals surface area contributed by atoms with Crippen molar-refractivity contribution in [3.05, 3.63) is 94.9 Å². The lowest BCUT2D eigenvalue weighted by Gasteiger charge is -2.52. The van der Waals surface area contributed by atoms with Crippen LogP contribution < -0.4 is 10.4 Å². The zero-order chi connectivity index (χ0) is 32.1. The maximum Gasteiger partial charge on any atom is 0.430 e. The Bertz CT molecular complexity index is 1410. The first-order valence-electron chi connectivity index (χ1n) is 14.3. The maximum atomic E-state index is 13.7. The molecular formula is C32H35F3N2O7. The number of carboxylic acid groups (broad SMARTS) is 1. The molecule has 0 saturated carbocycles. The number of alkyl halides is 3. The molecule has 1 amide bonds. The van der Waals surface area contributed by atoms with Crippen LogP contribution in [0.4, 0.5) is 13.2 Å². The Morgan fingerprint density at radius 3 is 1.98 bits per heavy atom. The Labute approximate surface area is 252 Å². The number of hydrogen-bond acceptors (Lipinski definition) is 7. The highest BCUT2D eigenvalue weighted by Crippen LogP contribution is 2.38. The number of carboxylic acids is 1. The molecular weight excluding hydrogens is 581 g/mol. The fourth-order valence-corrected chi connectivity index (χ4v) is 6.01. The molecule has 44 heavy (non-hydrogen) atoms. The van der Waals surface area contributed by atoms with Gasteiger partial charge in [-0.2, -0.15) is 13.2 Å². The Balaban J connectivity index is 0.000000566. The van der Waals surface area contributed by atoms with Crippen molar-refractivity contribution >= 4 is 17.8 Å². The normalized spacial score (nSPS) is 21.1. The lowest BCUT2D eigenvalue weighted by molar-refractivity contribution is -0.945. The predicted molar refractivity (Wildman–Crippen MR) is 150 cm³/mol. The SMILES string of the molecule is Cc1cc(C(=O)NCC[N+]23CCC(CC2)[C@@H](OC(=O)C(O)(c2ccccc2)c2ccccc2)C3)c(C)o1.O=C([O-])C(F)(F)F. The molecule has 0 aliphatic carbocycles. The number of quaternary nitrogens is 1. The van der Waals surface area contributed by atoms with E-state index in [1.165, 1.54) is 0 Å². The molecule has 236 valence electrons. The third kappa shape index (κ3) is 7.31. The van der Waals surface area contributed by atoms with Gasteiger partial charge in [0.05, 0.1) is 31.7 Å². The van der Waals surface area contributed by atoms with Crippen LogP contribution in [-0.2, 0) is 19.9 Å². The van der Waals surface area contributed by atoms with Crippen molar-refractivity contribution in [1.29, 1.82) is 0 Å². The topological polar surface area (TPSA) is 129 Å². The molecule has 1 atom stereocenters. The number of amides is 1. The number of ether oxygens (including phenoxy) is 1. The van der Waals surface area contributed by atoms with Gasteiger partial charge in [-0.1, -0.05) is 60.7 Å². The van der Waals surface area contributed by atoms with Crippen LogP contribution in [0.3, 0.4) is 0 Å². The molecule has 2 aromatic carbocycles. The van der Waals surface area contributed by atoms with E-state index in [2.05, 4.69) is 5.32 Å². The van der Waals surface area contributed by atoms with Gasteiger partial charge in [-0.15, -0.1) is 0 Å². The smallest absolute Gasteiger partial charge is 0.430 e. The number of aryl methyl sites for hydroxylation is 2. The standard InChI is InChI=1S/C30H34N2O5.C2HF3O2/c1-21-19-26(22(2)36-21)28(33)31-15-18-32-16-13-23(14-17-32)27(20-32)37-29(34)30(35,24-9-5-3-6-10-24)25-11-7-4-8-12-25;3-2(4,5)1(6)7/h3-12,19,23,27,35H,13-18,20H2,1-2H3;(H,6,7)/t23?,27-,32?;/m0./s1. The summed E-state index contributed by atoms with van der Waals surface area (Å²) in [6, 6.07) is 19.7. The Hall–Kier alpha value is -4.16. The minimum atomic E-state index is -5.19. The van der Waals surface area contributed by atoms with Crippen LogP contribution in [0.5, 0.6) is 0 Å². The third-order valence-corrected chi connectivity index (χ3v) is 8.37. The number of benzene rings is 2. The van der Waals surface area contributed by atoms with Gasteiger partial charge in [-0.05, 0) is 31.0 Å². The first-order valence-corrected chi connectivity index (χ1v) is 14.3. The van der Waals surface area contributed by atoms with Crippen molar-refractivity contribution in [2.75, 3.05) is 32.7 Å². The first kappa shape index (κ1) is 32.7. The highest BCUT2D eigenvalue weighted by molar-refractivity contribution is 5.95. The van der Waals surface area contributed by atoms with Gasteiger partial charge in [0.15, 0.2) is 6.10 Å². The Morgan fingerprint density at radius 2 is 1.52 bits per heavy atom. The second-order valence-corrected chi connectivity index (χ2v) is 11.3. The van der Waals surface area contributed by atoms with E-state index in [1.807, 2.05) is 43.3 Å². The number of nitrogens with one attached hydrogen (secondary N) is 1. The van der Waals surface area contributed by atoms with Crippen molar-refractivity contribution in [1.82, 2.24) is 5.32 Å². The zero-order valence-electron chi connectivity index (χ0n) is 24.4. The molecule has 1 aromatic heterocycles. The Morgan fingerprint density at radius 1 is 1.00 bits per heavy atom. The largest absolute Gasteiger partial charge is 0.542 e. The monoisotopic (exact) mass is 616 g/mol. The lowest BCUT2D eigenvalue weighted by atomic mass is 9.82. The highest BCUT2D eigenvalue weighted by Gasteiger charge is 2.50. The molecule has 3 saturated heterocycles. The molecule has 3 fully saturated rings. The van der Waals surface area contributed by atoms with Crippen LogP contribution in [0.2, 0.25) is 0 Å². The summed E-state index contributed by atoms with van der Waals surface area (Å²) in [5.41, 5.74) is -0.330. The van der Waals surface area contributed by atoms with E-state index in [9.17, 15) is 27.9 Å². The number of fused-ring (bicyclic) bond motifs is 3. The molecule has 4 heterocycles. The molecule has 3 aromatic rings.